The van der Waals surface area contributed by atoms with E-state index in [2.05, 4.69) is 25.8 Å². The van der Waals surface area contributed by atoms with Crippen LogP contribution in [0.2, 0.25) is 0 Å². The van der Waals surface area contributed by atoms with Crippen molar-refractivity contribution in [2.75, 3.05) is 7.05 Å². The molecule has 1 rings (SSSR count). The van der Waals surface area contributed by atoms with E-state index in [0.717, 1.165) is 12.8 Å². The molecule has 1 saturated heterocycles. The van der Waals surface area contributed by atoms with Crippen molar-refractivity contribution in [1.82, 2.24) is 4.90 Å². The van der Waals surface area contributed by atoms with Crippen LogP contribution < -0.4 is 0 Å². The van der Waals surface area contributed by atoms with Crippen LogP contribution >= 0.6 is 0 Å². The predicted octanol–water partition coefficient (Wildman–Crippen LogP) is 0.850. The highest BCUT2D eigenvalue weighted by atomic mass is 16.3. The first-order valence-electron chi connectivity index (χ1n) is 4.01. The van der Waals surface area contributed by atoms with Crippen molar-refractivity contribution in [3.05, 3.63) is 0 Å². The van der Waals surface area contributed by atoms with E-state index in [4.69, 9.17) is 0 Å². The standard InChI is InChI=1S/C8H17NO/c1-6-4-8(10)5-7(2)9(6)3/h6-8,10H,4-5H2,1-3H3/t6-,7?,8?/m1/s1. The average Bonchev–Trinajstić information content (AvgIpc) is 1.82. The molecule has 0 radical (unpaired) electrons. The third-order valence-corrected chi connectivity index (χ3v) is 2.62. The summed E-state index contributed by atoms with van der Waals surface area (Å²) in [5.74, 6) is 0. The highest BCUT2D eigenvalue weighted by Crippen LogP contribution is 2.20. The summed E-state index contributed by atoms with van der Waals surface area (Å²) in [4.78, 5) is 2.33. The lowest BCUT2D eigenvalue weighted by atomic mass is 9.96. The minimum absolute atomic E-state index is 0.0683. The molecule has 0 aliphatic carbocycles. The van der Waals surface area contributed by atoms with Gasteiger partial charge in [-0.05, 0) is 33.7 Å². The zero-order chi connectivity index (χ0) is 7.72. The Morgan fingerprint density at radius 2 is 1.60 bits per heavy atom. The normalized spacial score (nSPS) is 43.8. The number of piperidine rings is 1. The second kappa shape index (κ2) is 2.89. The van der Waals surface area contributed by atoms with Gasteiger partial charge in [0.2, 0.25) is 0 Å². The van der Waals surface area contributed by atoms with Gasteiger partial charge in [-0.2, -0.15) is 0 Å². The van der Waals surface area contributed by atoms with Crippen LogP contribution in [0.25, 0.3) is 0 Å². The lowest BCUT2D eigenvalue weighted by molar-refractivity contribution is 0.0290. The van der Waals surface area contributed by atoms with Crippen LogP contribution in [-0.4, -0.2) is 35.2 Å². The van der Waals surface area contributed by atoms with Crippen molar-refractivity contribution in [2.24, 2.45) is 0 Å². The summed E-state index contributed by atoms with van der Waals surface area (Å²) in [7, 11) is 2.13. The fourth-order valence-electron chi connectivity index (χ4n) is 1.65. The summed E-state index contributed by atoms with van der Waals surface area (Å²) in [5, 5.41) is 9.34. The first kappa shape index (κ1) is 8.02. The summed E-state index contributed by atoms with van der Waals surface area (Å²) in [6, 6.07) is 1.08. The van der Waals surface area contributed by atoms with Crippen LogP contribution in [0.15, 0.2) is 0 Å². The van der Waals surface area contributed by atoms with Crippen molar-refractivity contribution >= 4 is 0 Å². The second-order valence-electron chi connectivity index (χ2n) is 3.49. The molecule has 10 heavy (non-hydrogen) atoms. The first-order chi connectivity index (χ1) is 4.61. The fraction of sp³-hybridized carbons (Fsp3) is 1.00. The molecule has 3 atom stereocenters. The van der Waals surface area contributed by atoms with Crippen LogP contribution in [0.4, 0.5) is 0 Å². The minimum atomic E-state index is -0.0683. The van der Waals surface area contributed by atoms with Gasteiger partial charge in [0.25, 0.3) is 0 Å². The van der Waals surface area contributed by atoms with E-state index < -0.39 is 0 Å². The number of likely N-dealkylation sites (tertiary alicyclic amines) is 1. The van der Waals surface area contributed by atoms with Gasteiger partial charge in [-0.15, -0.1) is 0 Å². The minimum Gasteiger partial charge on any atom is -0.393 e. The number of aliphatic hydroxyl groups is 1. The van der Waals surface area contributed by atoms with Crippen molar-refractivity contribution in [3.8, 4) is 0 Å². The van der Waals surface area contributed by atoms with Crippen molar-refractivity contribution in [2.45, 2.75) is 44.9 Å². The summed E-state index contributed by atoms with van der Waals surface area (Å²) in [6.45, 7) is 4.33. The lowest BCUT2D eigenvalue weighted by Gasteiger charge is -2.38. The van der Waals surface area contributed by atoms with E-state index in [9.17, 15) is 5.11 Å². The predicted molar refractivity (Wildman–Crippen MR) is 41.9 cm³/mol. The number of rotatable bonds is 0. The smallest absolute Gasteiger partial charge is 0.0569 e. The fourth-order valence-corrected chi connectivity index (χ4v) is 1.65. The van der Waals surface area contributed by atoms with Gasteiger partial charge in [0, 0.05) is 12.1 Å². The average molecular weight is 143 g/mol. The Balaban J connectivity index is 2.49. The number of hydrogen-bond donors (Lipinski definition) is 1. The molecule has 60 valence electrons. The van der Waals surface area contributed by atoms with E-state index in [1.807, 2.05) is 0 Å². The van der Waals surface area contributed by atoms with Crippen LogP contribution in [0.1, 0.15) is 26.7 Å². The van der Waals surface area contributed by atoms with Gasteiger partial charge in [-0.25, -0.2) is 0 Å². The van der Waals surface area contributed by atoms with Gasteiger partial charge in [0.05, 0.1) is 6.10 Å². The van der Waals surface area contributed by atoms with Crippen LogP contribution in [0.5, 0.6) is 0 Å². The van der Waals surface area contributed by atoms with Gasteiger partial charge in [-0.1, -0.05) is 0 Å². The molecule has 1 fully saturated rings. The van der Waals surface area contributed by atoms with Crippen molar-refractivity contribution in [3.63, 3.8) is 0 Å². The zero-order valence-electron chi connectivity index (χ0n) is 7.04. The quantitative estimate of drug-likeness (QED) is 0.543. The van der Waals surface area contributed by atoms with Gasteiger partial charge >= 0.3 is 0 Å². The molecular weight excluding hydrogens is 126 g/mol. The Bertz CT molecular complexity index is 104. The highest BCUT2D eigenvalue weighted by Gasteiger charge is 2.26. The van der Waals surface area contributed by atoms with E-state index in [1.165, 1.54) is 0 Å². The van der Waals surface area contributed by atoms with E-state index >= 15 is 0 Å². The molecule has 2 heteroatoms. The molecule has 0 aromatic heterocycles. The monoisotopic (exact) mass is 143 g/mol. The van der Waals surface area contributed by atoms with Gasteiger partial charge < -0.3 is 10.0 Å². The van der Waals surface area contributed by atoms with E-state index in [-0.39, 0.29) is 6.10 Å². The lowest BCUT2D eigenvalue weighted by Crippen LogP contribution is -2.45. The van der Waals surface area contributed by atoms with Crippen molar-refractivity contribution in [1.29, 1.82) is 0 Å². The molecule has 1 aliphatic rings. The molecule has 0 bridgehead atoms. The van der Waals surface area contributed by atoms with Crippen molar-refractivity contribution < 1.29 is 5.11 Å². The molecule has 0 aromatic carbocycles. The Labute approximate surface area is 62.8 Å². The molecule has 2 unspecified atom stereocenters. The Kier molecular flexibility index (Phi) is 2.32. The molecule has 0 spiro atoms. The summed E-state index contributed by atoms with van der Waals surface area (Å²) < 4.78 is 0. The summed E-state index contributed by atoms with van der Waals surface area (Å²) >= 11 is 0. The summed E-state index contributed by atoms with van der Waals surface area (Å²) in [6.07, 6.45) is 1.79. The van der Waals surface area contributed by atoms with Crippen LogP contribution in [0.3, 0.4) is 0 Å². The Morgan fingerprint density at radius 3 is 2.00 bits per heavy atom. The van der Waals surface area contributed by atoms with Gasteiger partial charge in [0.15, 0.2) is 0 Å². The topological polar surface area (TPSA) is 23.5 Å². The van der Waals surface area contributed by atoms with Gasteiger partial charge in [-0.3, -0.25) is 0 Å². The Morgan fingerprint density at radius 1 is 1.20 bits per heavy atom. The molecular formula is C8H17NO. The third-order valence-electron chi connectivity index (χ3n) is 2.62. The highest BCUT2D eigenvalue weighted by molar-refractivity contribution is 4.81. The Hall–Kier alpha value is -0.0800. The molecule has 0 saturated carbocycles. The summed E-state index contributed by atoms with van der Waals surface area (Å²) in [5.41, 5.74) is 0. The number of nitrogens with zero attached hydrogens (tertiary/aromatic N) is 1. The molecule has 0 amide bonds. The number of aliphatic hydroxyl groups excluding tert-OH is 1. The second-order valence-corrected chi connectivity index (χ2v) is 3.49. The molecule has 0 aromatic rings. The SMILES string of the molecule is CC1CC(O)C[C@@H](C)N1C. The third kappa shape index (κ3) is 1.50. The molecule has 1 aliphatic heterocycles. The zero-order valence-corrected chi connectivity index (χ0v) is 7.04. The van der Waals surface area contributed by atoms with Gasteiger partial charge in [0.1, 0.15) is 0 Å². The van der Waals surface area contributed by atoms with Crippen LogP contribution in [0, 0.1) is 0 Å². The van der Waals surface area contributed by atoms with E-state index in [0.29, 0.717) is 12.1 Å². The maximum atomic E-state index is 9.34. The molecule has 1 N–H and O–H groups in total. The molecule has 2 nitrogen and oxygen atoms in total. The largest absolute Gasteiger partial charge is 0.393 e. The number of hydrogen-bond acceptors (Lipinski definition) is 2. The maximum absolute atomic E-state index is 9.34. The maximum Gasteiger partial charge on any atom is 0.0569 e. The van der Waals surface area contributed by atoms with E-state index in [1.54, 1.807) is 0 Å². The van der Waals surface area contributed by atoms with Crippen LogP contribution in [-0.2, 0) is 0 Å². The molecule has 1 heterocycles. The first-order valence-corrected chi connectivity index (χ1v) is 4.01.